The van der Waals surface area contributed by atoms with Crippen LogP contribution in [0, 0.1) is 22.7 Å². The van der Waals surface area contributed by atoms with Gasteiger partial charge in [0.2, 0.25) is 0 Å². The van der Waals surface area contributed by atoms with Gasteiger partial charge in [-0.25, -0.2) is 4.79 Å². The molecule has 0 heterocycles. The van der Waals surface area contributed by atoms with Gasteiger partial charge in [-0.15, -0.1) is 0 Å². The molecule has 2 N–H and O–H groups in total. The van der Waals surface area contributed by atoms with Gasteiger partial charge >= 0.3 is 5.97 Å². The standard InChI is InChI=1S/C18H21NO3/c1-13(2)18(22,17(12-19)8-4-9-17)10-7-14-5-3-6-15(11-14)16(20)21/h3,5-7,10-11,13,22H,4,8-9H2,1-2H3,(H,20,21)/b10-7+/t18-/m1/s1. The van der Waals surface area contributed by atoms with Gasteiger partial charge in [0.25, 0.3) is 0 Å². The lowest BCUT2D eigenvalue weighted by Gasteiger charge is -2.49. The number of aromatic carboxylic acids is 1. The Morgan fingerprint density at radius 1 is 1.45 bits per heavy atom. The Hall–Kier alpha value is -2.12. The third-order valence-electron chi connectivity index (χ3n) is 4.73. The van der Waals surface area contributed by atoms with Crippen molar-refractivity contribution in [2.24, 2.45) is 11.3 Å². The Bertz CT molecular complexity index is 638. The van der Waals surface area contributed by atoms with E-state index in [2.05, 4.69) is 6.07 Å². The number of hydrogen-bond acceptors (Lipinski definition) is 3. The fraction of sp³-hybridized carbons (Fsp3) is 0.444. The first-order valence-electron chi connectivity index (χ1n) is 7.51. The molecule has 1 saturated carbocycles. The Kier molecular flexibility index (Phi) is 4.39. The SMILES string of the molecule is CC(C)[C@](O)(/C=C/c1cccc(C(=O)O)c1)C1(C#N)CCC1. The maximum absolute atomic E-state index is 11.1. The zero-order valence-corrected chi connectivity index (χ0v) is 12.9. The molecule has 4 heteroatoms. The van der Waals surface area contributed by atoms with Gasteiger partial charge in [-0.1, -0.05) is 44.6 Å². The number of nitrogens with zero attached hydrogens (tertiary/aromatic N) is 1. The molecule has 1 aromatic rings. The molecule has 0 spiro atoms. The van der Waals surface area contributed by atoms with Crippen molar-refractivity contribution in [1.29, 1.82) is 5.26 Å². The molecular formula is C18H21NO3. The maximum atomic E-state index is 11.1. The summed E-state index contributed by atoms with van der Waals surface area (Å²) in [5.74, 6) is -1.09. The van der Waals surface area contributed by atoms with Crippen LogP contribution in [0.2, 0.25) is 0 Å². The number of benzene rings is 1. The van der Waals surface area contributed by atoms with Crippen molar-refractivity contribution in [3.8, 4) is 6.07 Å². The summed E-state index contributed by atoms with van der Waals surface area (Å²) in [4.78, 5) is 11.0. The van der Waals surface area contributed by atoms with Crippen molar-refractivity contribution >= 4 is 12.0 Å². The molecule has 0 unspecified atom stereocenters. The van der Waals surface area contributed by atoms with E-state index < -0.39 is 17.0 Å². The summed E-state index contributed by atoms with van der Waals surface area (Å²) >= 11 is 0. The topological polar surface area (TPSA) is 81.3 Å². The van der Waals surface area contributed by atoms with Gasteiger partial charge < -0.3 is 10.2 Å². The zero-order valence-electron chi connectivity index (χ0n) is 12.9. The Morgan fingerprint density at radius 2 is 2.14 bits per heavy atom. The molecule has 0 amide bonds. The van der Waals surface area contributed by atoms with E-state index in [4.69, 9.17) is 5.11 Å². The van der Waals surface area contributed by atoms with E-state index in [1.165, 1.54) is 6.07 Å². The number of hydrogen-bond donors (Lipinski definition) is 2. The predicted molar refractivity (Wildman–Crippen MR) is 84.1 cm³/mol. The molecule has 1 aliphatic carbocycles. The van der Waals surface area contributed by atoms with Crippen LogP contribution in [0.15, 0.2) is 30.3 Å². The molecule has 1 atom stereocenters. The van der Waals surface area contributed by atoms with Crippen molar-refractivity contribution < 1.29 is 15.0 Å². The largest absolute Gasteiger partial charge is 0.478 e. The minimum atomic E-state index is -1.21. The van der Waals surface area contributed by atoms with Gasteiger partial charge in [0.1, 0.15) is 5.60 Å². The fourth-order valence-electron chi connectivity index (χ4n) is 3.04. The van der Waals surface area contributed by atoms with Crippen LogP contribution in [-0.4, -0.2) is 21.8 Å². The summed E-state index contributed by atoms with van der Waals surface area (Å²) in [5.41, 5.74) is -1.04. The molecule has 22 heavy (non-hydrogen) atoms. The lowest BCUT2D eigenvalue weighted by molar-refractivity contribution is -0.0869. The highest BCUT2D eigenvalue weighted by Gasteiger charge is 2.54. The Balaban J connectivity index is 2.34. The molecule has 0 bridgehead atoms. The van der Waals surface area contributed by atoms with Gasteiger partial charge in [-0.2, -0.15) is 5.26 Å². The summed E-state index contributed by atoms with van der Waals surface area (Å²) in [5, 5.41) is 29.6. The van der Waals surface area contributed by atoms with E-state index in [9.17, 15) is 15.2 Å². The van der Waals surface area contributed by atoms with Crippen LogP contribution in [0.25, 0.3) is 6.08 Å². The second kappa shape index (κ2) is 5.94. The number of carboxylic acids is 1. The molecular weight excluding hydrogens is 278 g/mol. The minimum absolute atomic E-state index is 0.105. The van der Waals surface area contributed by atoms with Gasteiger partial charge in [-0.3, -0.25) is 0 Å². The monoisotopic (exact) mass is 299 g/mol. The first-order chi connectivity index (χ1) is 10.3. The predicted octanol–water partition coefficient (Wildman–Crippen LogP) is 3.48. The van der Waals surface area contributed by atoms with Crippen LogP contribution in [0.1, 0.15) is 49.0 Å². The third kappa shape index (κ3) is 2.65. The van der Waals surface area contributed by atoms with E-state index in [0.29, 0.717) is 18.4 Å². The summed E-state index contributed by atoms with van der Waals surface area (Å²) in [6, 6.07) is 8.84. The second-order valence-corrected chi connectivity index (χ2v) is 6.29. The molecule has 0 aliphatic heterocycles. The van der Waals surface area contributed by atoms with Crippen molar-refractivity contribution in [1.82, 2.24) is 0 Å². The van der Waals surface area contributed by atoms with Crippen molar-refractivity contribution in [3.63, 3.8) is 0 Å². The third-order valence-corrected chi connectivity index (χ3v) is 4.73. The first-order valence-corrected chi connectivity index (χ1v) is 7.51. The Morgan fingerprint density at radius 3 is 2.59 bits per heavy atom. The molecule has 0 saturated heterocycles. The van der Waals surface area contributed by atoms with Crippen LogP contribution in [0.4, 0.5) is 0 Å². The van der Waals surface area contributed by atoms with E-state index in [1.54, 1.807) is 30.4 Å². The normalized spacial score (nSPS) is 19.4. The van der Waals surface area contributed by atoms with Crippen LogP contribution in [0.3, 0.4) is 0 Å². The molecule has 116 valence electrons. The van der Waals surface area contributed by atoms with Crippen molar-refractivity contribution in [2.75, 3.05) is 0 Å². The summed E-state index contributed by atoms with van der Waals surface area (Å²) in [6.45, 7) is 3.80. The fourth-order valence-corrected chi connectivity index (χ4v) is 3.04. The number of aliphatic hydroxyl groups is 1. The van der Waals surface area contributed by atoms with Crippen LogP contribution >= 0.6 is 0 Å². The lowest BCUT2D eigenvalue weighted by atomic mass is 9.56. The quantitative estimate of drug-likeness (QED) is 0.872. The van der Waals surface area contributed by atoms with Gasteiger partial charge in [0, 0.05) is 0 Å². The molecule has 1 aliphatic rings. The van der Waals surface area contributed by atoms with Gasteiger partial charge in [0.15, 0.2) is 0 Å². The maximum Gasteiger partial charge on any atom is 0.335 e. The summed E-state index contributed by atoms with van der Waals surface area (Å²) < 4.78 is 0. The molecule has 1 fully saturated rings. The van der Waals surface area contributed by atoms with E-state index in [-0.39, 0.29) is 11.5 Å². The molecule has 2 rings (SSSR count). The van der Waals surface area contributed by atoms with Crippen LogP contribution < -0.4 is 0 Å². The average Bonchev–Trinajstić information content (AvgIpc) is 2.44. The van der Waals surface area contributed by atoms with E-state index in [1.807, 2.05) is 13.8 Å². The highest BCUT2D eigenvalue weighted by Crippen LogP contribution is 2.52. The number of rotatable bonds is 5. The lowest BCUT2D eigenvalue weighted by Crippen LogP contribution is -2.53. The molecule has 4 nitrogen and oxygen atoms in total. The number of carboxylic acid groups (broad SMARTS) is 1. The molecule has 0 radical (unpaired) electrons. The van der Waals surface area contributed by atoms with E-state index >= 15 is 0 Å². The first kappa shape index (κ1) is 16.3. The second-order valence-electron chi connectivity index (χ2n) is 6.29. The molecule has 1 aromatic carbocycles. The Labute approximate surface area is 130 Å². The smallest absolute Gasteiger partial charge is 0.335 e. The van der Waals surface area contributed by atoms with Crippen molar-refractivity contribution in [3.05, 3.63) is 41.5 Å². The van der Waals surface area contributed by atoms with Gasteiger partial charge in [-0.05, 0) is 36.5 Å². The average molecular weight is 299 g/mol. The van der Waals surface area contributed by atoms with Crippen LogP contribution in [0.5, 0.6) is 0 Å². The highest BCUT2D eigenvalue weighted by atomic mass is 16.4. The number of nitriles is 1. The van der Waals surface area contributed by atoms with Crippen LogP contribution in [-0.2, 0) is 0 Å². The minimum Gasteiger partial charge on any atom is -0.478 e. The summed E-state index contributed by atoms with van der Waals surface area (Å²) in [7, 11) is 0. The molecule has 0 aromatic heterocycles. The van der Waals surface area contributed by atoms with Gasteiger partial charge in [0.05, 0.1) is 17.0 Å². The van der Waals surface area contributed by atoms with E-state index in [0.717, 1.165) is 6.42 Å². The zero-order chi connectivity index (χ0) is 16.4. The van der Waals surface area contributed by atoms with Crippen molar-refractivity contribution in [2.45, 2.75) is 38.7 Å². The summed E-state index contributed by atoms with van der Waals surface area (Å²) in [6.07, 6.45) is 5.71. The highest BCUT2D eigenvalue weighted by molar-refractivity contribution is 5.88. The number of carbonyl (C=O) groups is 1.